The maximum atomic E-state index is 13.2. The molecule has 1 aliphatic rings. The van der Waals surface area contributed by atoms with Crippen LogP contribution in [0.1, 0.15) is 26.7 Å². The summed E-state index contributed by atoms with van der Waals surface area (Å²) in [4.78, 5) is 29.2. The van der Waals surface area contributed by atoms with Crippen molar-refractivity contribution in [3.05, 3.63) is 58.6 Å². The SMILES string of the molecule is CCC1(CC)C(=O)N(c2ccc(Cl)cc2)C(=O)N1c1ccc(Cl)cc1. The minimum absolute atomic E-state index is 0.222. The summed E-state index contributed by atoms with van der Waals surface area (Å²) < 4.78 is 0. The van der Waals surface area contributed by atoms with Gasteiger partial charge in [-0.15, -0.1) is 0 Å². The Morgan fingerprint density at radius 2 is 1.24 bits per heavy atom. The van der Waals surface area contributed by atoms with E-state index in [2.05, 4.69) is 0 Å². The molecule has 0 aromatic heterocycles. The van der Waals surface area contributed by atoms with Crippen LogP contribution in [0.2, 0.25) is 10.0 Å². The molecule has 0 saturated carbocycles. The Morgan fingerprint density at radius 1 is 0.800 bits per heavy atom. The van der Waals surface area contributed by atoms with Gasteiger partial charge in [-0.2, -0.15) is 0 Å². The van der Waals surface area contributed by atoms with E-state index in [1.807, 2.05) is 13.8 Å². The van der Waals surface area contributed by atoms with E-state index in [4.69, 9.17) is 23.2 Å². The van der Waals surface area contributed by atoms with Gasteiger partial charge in [0.25, 0.3) is 5.91 Å². The quantitative estimate of drug-likeness (QED) is 0.658. The third-order valence-corrected chi connectivity index (χ3v) is 5.26. The van der Waals surface area contributed by atoms with Crippen LogP contribution in [0.25, 0.3) is 0 Å². The molecule has 1 heterocycles. The summed E-state index contributed by atoms with van der Waals surface area (Å²) >= 11 is 11.9. The molecule has 1 saturated heterocycles. The Kier molecular flexibility index (Phi) is 4.76. The summed E-state index contributed by atoms with van der Waals surface area (Å²) in [7, 11) is 0. The van der Waals surface area contributed by atoms with Crippen LogP contribution in [0.3, 0.4) is 0 Å². The van der Waals surface area contributed by atoms with E-state index >= 15 is 0 Å². The van der Waals surface area contributed by atoms with Crippen molar-refractivity contribution in [3.63, 3.8) is 0 Å². The van der Waals surface area contributed by atoms with E-state index in [1.54, 1.807) is 53.4 Å². The molecule has 3 rings (SSSR count). The highest BCUT2D eigenvalue weighted by atomic mass is 35.5. The molecular formula is C19H18Cl2N2O2. The molecule has 1 aliphatic heterocycles. The first-order chi connectivity index (χ1) is 11.9. The summed E-state index contributed by atoms with van der Waals surface area (Å²) in [5, 5.41) is 1.13. The second-order valence-electron chi connectivity index (χ2n) is 5.95. The third kappa shape index (κ3) is 2.79. The predicted octanol–water partition coefficient (Wildman–Crippen LogP) is 5.53. The van der Waals surface area contributed by atoms with Crippen LogP contribution in [-0.4, -0.2) is 17.5 Å². The van der Waals surface area contributed by atoms with E-state index in [0.29, 0.717) is 34.3 Å². The standard InChI is InChI=1S/C19H18Cl2N2O2/c1-3-19(4-2)17(24)22(15-9-5-13(20)6-10-15)18(25)23(19)16-11-7-14(21)8-12-16/h5-12H,3-4H2,1-2H3. The first kappa shape index (κ1) is 17.8. The molecule has 130 valence electrons. The monoisotopic (exact) mass is 376 g/mol. The highest BCUT2D eigenvalue weighted by Gasteiger charge is 2.56. The molecule has 0 unspecified atom stereocenters. The number of carbonyl (C=O) groups is 2. The predicted molar refractivity (Wildman–Crippen MR) is 102 cm³/mol. The molecule has 6 heteroatoms. The maximum absolute atomic E-state index is 13.2. The molecule has 1 fully saturated rings. The summed E-state index contributed by atoms with van der Waals surface area (Å²) in [6, 6.07) is 13.3. The van der Waals surface area contributed by atoms with Gasteiger partial charge in [-0.05, 0) is 61.4 Å². The van der Waals surface area contributed by atoms with Crippen LogP contribution in [0.4, 0.5) is 16.2 Å². The van der Waals surface area contributed by atoms with Crippen molar-refractivity contribution < 1.29 is 9.59 Å². The van der Waals surface area contributed by atoms with Crippen molar-refractivity contribution in [1.82, 2.24) is 0 Å². The molecule has 0 N–H and O–H groups in total. The summed E-state index contributed by atoms with van der Waals surface area (Å²) in [5.74, 6) is -0.222. The van der Waals surface area contributed by atoms with Crippen molar-refractivity contribution >= 4 is 46.5 Å². The Labute approximate surface area is 156 Å². The molecule has 3 amide bonds. The van der Waals surface area contributed by atoms with Gasteiger partial charge < -0.3 is 0 Å². The zero-order chi connectivity index (χ0) is 18.2. The minimum atomic E-state index is -0.912. The number of rotatable bonds is 4. The minimum Gasteiger partial charge on any atom is -0.278 e. The van der Waals surface area contributed by atoms with Crippen LogP contribution in [-0.2, 0) is 4.79 Å². The molecule has 0 spiro atoms. The van der Waals surface area contributed by atoms with Gasteiger partial charge in [0.2, 0.25) is 0 Å². The molecule has 0 radical (unpaired) electrons. The number of imide groups is 1. The van der Waals surface area contributed by atoms with Crippen molar-refractivity contribution in [3.8, 4) is 0 Å². The molecule has 0 atom stereocenters. The van der Waals surface area contributed by atoms with E-state index in [0.717, 1.165) is 0 Å². The molecule has 0 bridgehead atoms. The van der Waals surface area contributed by atoms with Crippen molar-refractivity contribution in [2.45, 2.75) is 32.2 Å². The number of hydrogen-bond donors (Lipinski definition) is 0. The van der Waals surface area contributed by atoms with Crippen molar-refractivity contribution in [1.29, 1.82) is 0 Å². The number of urea groups is 1. The van der Waals surface area contributed by atoms with E-state index in [-0.39, 0.29) is 11.9 Å². The second-order valence-corrected chi connectivity index (χ2v) is 6.82. The van der Waals surface area contributed by atoms with Crippen molar-refractivity contribution in [2.24, 2.45) is 0 Å². The molecule has 2 aromatic carbocycles. The first-order valence-corrected chi connectivity index (χ1v) is 8.90. The second kappa shape index (κ2) is 6.70. The number of anilines is 2. The molecule has 25 heavy (non-hydrogen) atoms. The van der Waals surface area contributed by atoms with Crippen LogP contribution in [0.15, 0.2) is 48.5 Å². The Hall–Kier alpha value is -2.04. The lowest BCUT2D eigenvalue weighted by molar-refractivity contribution is -0.121. The maximum Gasteiger partial charge on any atom is 0.336 e. The van der Waals surface area contributed by atoms with E-state index in [9.17, 15) is 9.59 Å². The number of amides is 3. The van der Waals surface area contributed by atoms with Gasteiger partial charge in [-0.1, -0.05) is 37.0 Å². The highest BCUT2D eigenvalue weighted by Crippen LogP contribution is 2.40. The topological polar surface area (TPSA) is 40.6 Å². The zero-order valence-corrected chi connectivity index (χ0v) is 15.5. The Bertz CT molecular complexity index is 799. The summed E-state index contributed by atoms with van der Waals surface area (Å²) in [6.07, 6.45) is 1.03. The van der Waals surface area contributed by atoms with E-state index < -0.39 is 5.54 Å². The van der Waals surface area contributed by atoms with Gasteiger partial charge in [-0.25, -0.2) is 9.69 Å². The molecule has 2 aromatic rings. The lowest BCUT2D eigenvalue weighted by Gasteiger charge is -2.33. The lowest BCUT2D eigenvalue weighted by Crippen LogP contribution is -2.49. The average molecular weight is 377 g/mol. The molecular weight excluding hydrogens is 359 g/mol. The number of benzene rings is 2. The highest BCUT2D eigenvalue weighted by molar-refractivity contribution is 6.32. The fourth-order valence-electron chi connectivity index (χ4n) is 3.31. The van der Waals surface area contributed by atoms with Crippen molar-refractivity contribution in [2.75, 3.05) is 9.80 Å². The Balaban J connectivity index is 2.13. The van der Waals surface area contributed by atoms with Crippen LogP contribution < -0.4 is 9.80 Å². The number of nitrogens with zero attached hydrogens (tertiary/aromatic N) is 2. The van der Waals surface area contributed by atoms with Crippen LogP contribution in [0.5, 0.6) is 0 Å². The fraction of sp³-hybridized carbons (Fsp3) is 0.263. The van der Waals surface area contributed by atoms with Gasteiger partial charge in [-0.3, -0.25) is 9.69 Å². The Morgan fingerprint density at radius 3 is 1.68 bits per heavy atom. The lowest BCUT2D eigenvalue weighted by atomic mass is 9.90. The van der Waals surface area contributed by atoms with Crippen LogP contribution >= 0.6 is 23.2 Å². The number of carbonyl (C=O) groups excluding carboxylic acids is 2. The first-order valence-electron chi connectivity index (χ1n) is 8.14. The van der Waals surface area contributed by atoms with Gasteiger partial charge in [0, 0.05) is 15.7 Å². The third-order valence-electron chi connectivity index (χ3n) is 4.75. The molecule has 0 aliphatic carbocycles. The van der Waals surface area contributed by atoms with Gasteiger partial charge >= 0.3 is 6.03 Å². The van der Waals surface area contributed by atoms with Gasteiger partial charge in [0.1, 0.15) is 5.54 Å². The average Bonchev–Trinajstić information content (AvgIpc) is 2.84. The smallest absolute Gasteiger partial charge is 0.278 e. The number of halogens is 2. The normalized spacial score (nSPS) is 16.6. The summed E-state index contributed by atoms with van der Waals surface area (Å²) in [5.41, 5.74) is 0.259. The van der Waals surface area contributed by atoms with E-state index in [1.165, 1.54) is 4.90 Å². The van der Waals surface area contributed by atoms with Gasteiger partial charge in [0.15, 0.2) is 0 Å². The van der Waals surface area contributed by atoms with Crippen LogP contribution in [0, 0.1) is 0 Å². The summed E-state index contributed by atoms with van der Waals surface area (Å²) in [6.45, 7) is 3.84. The van der Waals surface area contributed by atoms with Gasteiger partial charge in [0.05, 0.1) is 5.69 Å². The molecule has 4 nitrogen and oxygen atoms in total. The largest absolute Gasteiger partial charge is 0.336 e. The number of hydrogen-bond acceptors (Lipinski definition) is 2. The fourth-order valence-corrected chi connectivity index (χ4v) is 3.56. The zero-order valence-electron chi connectivity index (χ0n) is 14.0.